The van der Waals surface area contributed by atoms with Gasteiger partial charge in [0, 0.05) is 23.6 Å². The van der Waals surface area contributed by atoms with Crippen molar-refractivity contribution < 1.29 is 17.8 Å². The van der Waals surface area contributed by atoms with Gasteiger partial charge in [-0.2, -0.15) is 0 Å². The summed E-state index contributed by atoms with van der Waals surface area (Å²) in [7, 11) is 1.99. The summed E-state index contributed by atoms with van der Waals surface area (Å²) in [5.41, 5.74) is 4.97. The summed E-state index contributed by atoms with van der Waals surface area (Å²) in [6.07, 6.45) is 2.03. The van der Waals surface area contributed by atoms with E-state index in [0.717, 1.165) is 33.7 Å². The number of hydrogen-bond acceptors (Lipinski definition) is 1. The maximum atomic E-state index is 14.6. The zero-order valence-corrected chi connectivity index (χ0v) is 17.4. The van der Waals surface area contributed by atoms with Crippen molar-refractivity contribution in [1.29, 1.82) is 0 Å². The quantitative estimate of drug-likeness (QED) is 0.292. The Hall–Kier alpha value is -3.27. The van der Waals surface area contributed by atoms with Gasteiger partial charge in [0.15, 0.2) is 6.20 Å². The lowest BCUT2D eigenvalue weighted by Gasteiger charge is -2.11. The van der Waals surface area contributed by atoms with Crippen LogP contribution < -0.4 is 4.57 Å². The largest absolute Gasteiger partial charge is 0.455 e. The van der Waals surface area contributed by atoms with Crippen molar-refractivity contribution in [3.8, 4) is 11.3 Å². The molecule has 0 N–H and O–H groups in total. The lowest BCUT2D eigenvalue weighted by molar-refractivity contribution is -0.659. The SMILES string of the molecule is Cc1ccc2c(oc3cc(F)cc(F)c32)c1-c1c2ccc(C(C)C)cc2cc[n+]1C. The Morgan fingerprint density at radius 1 is 0.933 bits per heavy atom. The van der Waals surface area contributed by atoms with E-state index in [2.05, 4.69) is 42.7 Å². The van der Waals surface area contributed by atoms with Gasteiger partial charge in [-0.3, -0.25) is 0 Å². The first-order valence-electron chi connectivity index (χ1n) is 10.1. The van der Waals surface area contributed by atoms with Crippen LogP contribution in [0.1, 0.15) is 30.9 Å². The summed E-state index contributed by atoms with van der Waals surface area (Å²) in [5, 5.41) is 3.20. The van der Waals surface area contributed by atoms with Crippen molar-refractivity contribution in [2.45, 2.75) is 26.7 Å². The summed E-state index contributed by atoms with van der Waals surface area (Å²) in [4.78, 5) is 0. The molecule has 150 valence electrons. The average molecular weight is 402 g/mol. The molecule has 0 radical (unpaired) electrons. The van der Waals surface area contributed by atoms with E-state index in [9.17, 15) is 8.78 Å². The molecule has 0 bridgehead atoms. The molecule has 0 saturated carbocycles. The predicted molar refractivity (Wildman–Crippen MR) is 117 cm³/mol. The fraction of sp³-hybridized carbons (Fsp3) is 0.192. The van der Waals surface area contributed by atoms with Crippen molar-refractivity contribution in [2.24, 2.45) is 7.05 Å². The first-order chi connectivity index (χ1) is 14.3. The zero-order chi connectivity index (χ0) is 21.2. The molecule has 4 heteroatoms. The topological polar surface area (TPSA) is 17.0 Å². The van der Waals surface area contributed by atoms with Crippen LogP contribution in [0, 0.1) is 18.6 Å². The first-order valence-corrected chi connectivity index (χ1v) is 10.1. The van der Waals surface area contributed by atoms with Crippen molar-refractivity contribution in [2.75, 3.05) is 0 Å². The van der Waals surface area contributed by atoms with Crippen LogP contribution in [0.4, 0.5) is 8.78 Å². The molecule has 2 nitrogen and oxygen atoms in total. The van der Waals surface area contributed by atoms with E-state index in [0.29, 0.717) is 22.3 Å². The normalized spacial score (nSPS) is 12.0. The van der Waals surface area contributed by atoms with E-state index in [1.165, 1.54) is 11.6 Å². The number of rotatable bonds is 2. The third-order valence-electron chi connectivity index (χ3n) is 5.93. The van der Waals surface area contributed by atoms with E-state index in [1.807, 2.05) is 32.3 Å². The molecule has 0 amide bonds. The van der Waals surface area contributed by atoms with E-state index < -0.39 is 11.6 Å². The standard InChI is InChI=1S/C26H22F2NO/c1-14(2)16-6-8-19-17(11-16)9-10-29(4)25(19)23-15(3)5-7-20-24-21(28)12-18(27)13-22(24)30-26(20)23/h5-14H,1-4H3/q+1. The maximum absolute atomic E-state index is 14.6. The van der Waals surface area contributed by atoms with Crippen molar-refractivity contribution in [1.82, 2.24) is 0 Å². The van der Waals surface area contributed by atoms with Gasteiger partial charge in [0.25, 0.3) is 0 Å². The fourth-order valence-corrected chi connectivity index (χ4v) is 4.34. The summed E-state index contributed by atoms with van der Waals surface area (Å²) in [5.74, 6) is -0.818. The molecule has 0 spiro atoms. The molecule has 2 heterocycles. The van der Waals surface area contributed by atoms with Crippen LogP contribution in [0.5, 0.6) is 0 Å². The second kappa shape index (κ2) is 6.63. The van der Waals surface area contributed by atoms with Gasteiger partial charge in [0.1, 0.15) is 29.8 Å². The van der Waals surface area contributed by atoms with Gasteiger partial charge >= 0.3 is 0 Å². The van der Waals surface area contributed by atoms with Crippen LogP contribution in [0.3, 0.4) is 0 Å². The average Bonchev–Trinajstić information content (AvgIpc) is 3.06. The molecule has 0 aliphatic heterocycles. The van der Waals surface area contributed by atoms with Crippen LogP contribution in [0.25, 0.3) is 44.0 Å². The molecule has 30 heavy (non-hydrogen) atoms. The Bertz CT molecular complexity index is 1460. The summed E-state index contributed by atoms with van der Waals surface area (Å²) >= 11 is 0. The molecule has 5 rings (SSSR count). The first kappa shape index (κ1) is 18.7. The van der Waals surface area contributed by atoms with Crippen LogP contribution in [-0.4, -0.2) is 0 Å². The van der Waals surface area contributed by atoms with E-state index in [-0.39, 0.29) is 5.58 Å². The molecule has 5 aromatic rings. The second-order valence-corrected chi connectivity index (χ2v) is 8.27. The number of halogens is 2. The fourth-order valence-electron chi connectivity index (χ4n) is 4.34. The number of pyridine rings is 1. The highest BCUT2D eigenvalue weighted by Gasteiger charge is 2.24. The number of hydrogen-bond donors (Lipinski definition) is 0. The summed E-state index contributed by atoms with van der Waals surface area (Å²) < 4.78 is 36.5. The Morgan fingerprint density at radius 2 is 1.70 bits per heavy atom. The number of furan rings is 1. The Labute approximate surface area is 173 Å². The predicted octanol–water partition coefficient (Wildman–Crippen LogP) is 6.94. The van der Waals surface area contributed by atoms with E-state index in [4.69, 9.17) is 4.42 Å². The monoisotopic (exact) mass is 402 g/mol. The van der Waals surface area contributed by atoms with Crippen molar-refractivity contribution in [3.63, 3.8) is 0 Å². The molecule has 3 aromatic carbocycles. The number of aromatic nitrogens is 1. The van der Waals surface area contributed by atoms with Crippen LogP contribution >= 0.6 is 0 Å². The lowest BCUT2D eigenvalue weighted by Crippen LogP contribution is -2.30. The summed E-state index contributed by atoms with van der Waals surface area (Å²) in [6, 6.07) is 14.6. The minimum absolute atomic E-state index is 0.222. The highest BCUT2D eigenvalue weighted by Crippen LogP contribution is 2.40. The van der Waals surface area contributed by atoms with Crippen LogP contribution in [-0.2, 0) is 7.05 Å². The van der Waals surface area contributed by atoms with Gasteiger partial charge in [-0.25, -0.2) is 13.3 Å². The van der Waals surface area contributed by atoms with E-state index >= 15 is 0 Å². The Balaban J connectivity index is 1.92. The van der Waals surface area contributed by atoms with Crippen LogP contribution in [0.2, 0.25) is 0 Å². The molecule has 0 saturated heterocycles. The highest BCUT2D eigenvalue weighted by atomic mass is 19.1. The highest BCUT2D eigenvalue weighted by molar-refractivity contribution is 6.12. The number of nitrogens with zero attached hydrogens (tertiary/aromatic N) is 1. The van der Waals surface area contributed by atoms with Crippen molar-refractivity contribution in [3.05, 3.63) is 77.5 Å². The number of benzene rings is 3. The third-order valence-corrected chi connectivity index (χ3v) is 5.93. The minimum Gasteiger partial charge on any atom is -0.455 e. The third kappa shape index (κ3) is 2.71. The molecule has 0 fully saturated rings. The molecule has 0 aliphatic rings. The number of aryl methyl sites for hydroxylation is 2. The molecule has 0 aliphatic carbocycles. The minimum atomic E-state index is -0.644. The molecular formula is C26H22F2NO+. The van der Waals surface area contributed by atoms with E-state index in [1.54, 1.807) is 0 Å². The molecular weight excluding hydrogens is 380 g/mol. The lowest BCUT2D eigenvalue weighted by atomic mass is 9.94. The smallest absolute Gasteiger partial charge is 0.224 e. The maximum Gasteiger partial charge on any atom is 0.224 e. The van der Waals surface area contributed by atoms with Crippen LogP contribution in [0.15, 0.2) is 59.1 Å². The Kier molecular flexibility index (Phi) is 4.14. The zero-order valence-electron chi connectivity index (χ0n) is 17.4. The molecule has 0 unspecified atom stereocenters. The van der Waals surface area contributed by atoms with Gasteiger partial charge in [0.2, 0.25) is 5.69 Å². The van der Waals surface area contributed by atoms with Gasteiger partial charge in [-0.15, -0.1) is 0 Å². The van der Waals surface area contributed by atoms with Gasteiger partial charge < -0.3 is 4.42 Å². The van der Waals surface area contributed by atoms with Gasteiger partial charge in [0.05, 0.1) is 16.3 Å². The summed E-state index contributed by atoms with van der Waals surface area (Å²) in [6.45, 7) is 6.37. The molecule has 0 atom stereocenters. The second-order valence-electron chi connectivity index (χ2n) is 8.27. The molecule has 2 aromatic heterocycles. The number of fused-ring (bicyclic) bond motifs is 4. The Morgan fingerprint density at radius 3 is 2.47 bits per heavy atom. The van der Waals surface area contributed by atoms with Gasteiger partial charge in [-0.05, 0) is 35.4 Å². The van der Waals surface area contributed by atoms with Gasteiger partial charge in [-0.1, -0.05) is 38.1 Å². The van der Waals surface area contributed by atoms with Crippen molar-refractivity contribution >= 4 is 32.7 Å².